The first kappa shape index (κ1) is 29.4. The van der Waals surface area contributed by atoms with Gasteiger partial charge in [0.1, 0.15) is 5.82 Å². The summed E-state index contributed by atoms with van der Waals surface area (Å²) in [6.07, 6.45) is 19.4. The van der Waals surface area contributed by atoms with E-state index in [-0.39, 0.29) is 11.4 Å². The maximum atomic E-state index is 15.3. The Morgan fingerprint density at radius 2 is 1.44 bits per heavy atom. The Morgan fingerprint density at radius 1 is 0.756 bits per heavy atom. The monoisotopic (exact) mass is 556 g/mol. The molecule has 0 nitrogen and oxygen atoms in total. The van der Waals surface area contributed by atoms with Gasteiger partial charge in [-0.3, -0.25) is 0 Å². The molecule has 0 N–H and O–H groups in total. The highest BCUT2D eigenvalue weighted by Gasteiger charge is 2.28. The third-order valence-electron chi connectivity index (χ3n) is 9.52. The zero-order chi connectivity index (χ0) is 28.8. The predicted molar refractivity (Wildman–Crippen MR) is 166 cm³/mol. The highest BCUT2D eigenvalue weighted by Crippen LogP contribution is 2.42. The van der Waals surface area contributed by atoms with Gasteiger partial charge in [0.05, 0.1) is 0 Å². The van der Waals surface area contributed by atoms with Gasteiger partial charge in [0.15, 0.2) is 11.6 Å². The molecular formula is C38H43F3. The van der Waals surface area contributed by atoms with E-state index >= 15 is 4.39 Å². The maximum Gasteiger partial charge on any atom is 0.166 e. The third kappa shape index (κ3) is 6.88. The second-order valence-electron chi connectivity index (χ2n) is 12.1. The predicted octanol–water partition coefficient (Wildman–Crippen LogP) is 11.7. The van der Waals surface area contributed by atoms with Crippen LogP contribution in [0.25, 0.3) is 27.8 Å². The lowest BCUT2D eigenvalue weighted by Crippen LogP contribution is -2.23. The molecule has 0 aromatic heterocycles. The molecule has 0 spiro atoms. The molecule has 1 atom stereocenters. The molecular weight excluding hydrogens is 513 g/mol. The van der Waals surface area contributed by atoms with E-state index in [4.69, 9.17) is 0 Å². The van der Waals surface area contributed by atoms with Crippen molar-refractivity contribution in [3.63, 3.8) is 0 Å². The van der Waals surface area contributed by atoms with Crippen molar-refractivity contribution in [2.45, 2.75) is 84.5 Å². The van der Waals surface area contributed by atoms with Gasteiger partial charge in [0.2, 0.25) is 0 Å². The van der Waals surface area contributed by atoms with Crippen molar-refractivity contribution in [3.8, 4) is 22.3 Å². The van der Waals surface area contributed by atoms with Crippen molar-refractivity contribution >= 4 is 5.57 Å². The molecule has 0 amide bonds. The van der Waals surface area contributed by atoms with E-state index in [2.05, 4.69) is 25.2 Å². The molecule has 0 radical (unpaired) electrons. The molecule has 216 valence electrons. The first-order chi connectivity index (χ1) is 20.0. The van der Waals surface area contributed by atoms with Crippen LogP contribution >= 0.6 is 0 Å². The number of allylic oxidation sites excluding steroid dienone is 4. The largest absolute Gasteiger partial charge is 0.206 e. The van der Waals surface area contributed by atoms with Gasteiger partial charge < -0.3 is 0 Å². The van der Waals surface area contributed by atoms with Gasteiger partial charge >= 0.3 is 0 Å². The van der Waals surface area contributed by atoms with Crippen LogP contribution in [0.4, 0.5) is 13.2 Å². The summed E-state index contributed by atoms with van der Waals surface area (Å²) < 4.78 is 44.5. The molecule has 1 saturated carbocycles. The van der Waals surface area contributed by atoms with Crippen LogP contribution in [0.2, 0.25) is 0 Å². The van der Waals surface area contributed by atoms with Crippen LogP contribution < -0.4 is 0 Å². The van der Waals surface area contributed by atoms with Crippen molar-refractivity contribution in [1.82, 2.24) is 0 Å². The van der Waals surface area contributed by atoms with Crippen molar-refractivity contribution < 1.29 is 13.2 Å². The summed E-state index contributed by atoms with van der Waals surface area (Å²) in [4.78, 5) is 0. The van der Waals surface area contributed by atoms with E-state index in [1.807, 2.05) is 19.1 Å². The van der Waals surface area contributed by atoms with E-state index < -0.39 is 11.6 Å². The number of hydrogen-bond donors (Lipinski definition) is 0. The summed E-state index contributed by atoms with van der Waals surface area (Å²) in [5.41, 5.74) is 4.67. The second kappa shape index (κ2) is 13.7. The van der Waals surface area contributed by atoms with Crippen molar-refractivity contribution in [2.24, 2.45) is 17.8 Å². The SMILES string of the molecule is C/C=C/CCC1CCC(C2CC=C(c3ccc(-c4ccc(-c5ccc(CCC)c(F)c5F)cc4)c(F)c3)CC2)CC1. The molecule has 0 heterocycles. The fraction of sp³-hybridized carbons (Fsp3) is 0.421. The lowest BCUT2D eigenvalue weighted by atomic mass is 9.70. The first-order valence-electron chi connectivity index (χ1n) is 15.7. The van der Waals surface area contributed by atoms with Crippen molar-refractivity contribution in [1.29, 1.82) is 0 Å². The van der Waals surface area contributed by atoms with Gasteiger partial charge in [-0.05, 0) is 110 Å². The minimum Gasteiger partial charge on any atom is -0.206 e. The number of benzene rings is 3. The van der Waals surface area contributed by atoms with E-state index in [1.165, 1.54) is 50.5 Å². The Labute approximate surface area is 244 Å². The van der Waals surface area contributed by atoms with Crippen molar-refractivity contribution in [3.05, 3.63) is 101 Å². The summed E-state index contributed by atoms with van der Waals surface area (Å²) in [5.74, 6) is 0.648. The fourth-order valence-electron chi connectivity index (χ4n) is 7.04. The average molecular weight is 557 g/mol. The average Bonchev–Trinajstić information content (AvgIpc) is 3.00. The van der Waals surface area contributed by atoms with E-state index in [9.17, 15) is 8.78 Å². The minimum absolute atomic E-state index is 0.227. The summed E-state index contributed by atoms with van der Waals surface area (Å²) in [6.45, 7) is 4.05. The van der Waals surface area contributed by atoms with Gasteiger partial charge in [0, 0.05) is 11.1 Å². The smallest absolute Gasteiger partial charge is 0.166 e. The lowest BCUT2D eigenvalue weighted by molar-refractivity contribution is 0.190. The van der Waals surface area contributed by atoms with Gasteiger partial charge in [-0.25, -0.2) is 13.2 Å². The topological polar surface area (TPSA) is 0 Å². The Hall–Kier alpha value is -3.07. The summed E-state index contributed by atoms with van der Waals surface area (Å²) in [7, 11) is 0. The minimum atomic E-state index is -0.824. The Balaban J connectivity index is 1.21. The molecule has 2 aliphatic rings. The molecule has 3 aromatic rings. The van der Waals surface area contributed by atoms with Crippen LogP contribution in [0, 0.1) is 35.2 Å². The van der Waals surface area contributed by atoms with Crippen LogP contribution in [-0.2, 0) is 6.42 Å². The van der Waals surface area contributed by atoms with Crippen molar-refractivity contribution in [2.75, 3.05) is 0 Å². The quantitative estimate of drug-likeness (QED) is 0.230. The Kier molecular flexibility index (Phi) is 9.85. The van der Waals surface area contributed by atoms with E-state index in [0.29, 0.717) is 23.1 Å². The first-order valence-corrected chi connectivity index (χ1v) is 15.7. The standard InChI is InChI=1S/C38H43F3/c1-3-5-6-8-26-9-11-27(12-10-26)28-13-15-29(16-14-28)33-22-23-34(36(39)25-33)30-17-19-31(20-18-30)35-24-21-32(7-4-2)37(40)38(35)41/h3,5,15,17-28H,4,6-14,16H2,1-2H3/b5-3+. The zero-order valence-electron chi connectivity index (χ0n) is 24.6. The number of aryl methyl sites for hydroxylation is 1. The Bertz CT molecular complexity index is 1370. The second-order valence-corrected chi connectivity index (χ2v) is 12.1. The fourth-order valence-corrected chi connectivity index (χ4v) is 7.04. The van der Waals surface area contributed by atoms with Gasteiger partial charge in [-0.1, -0.05) is 92.9 Å². The number of rotatable bonds is 9. The van der Waals surface area contributed by atoms with Crippen LogP contribution in [0.15, 0.2) is 72.8 Å². The van der Waals surface area contributed by atoms with Crippen LogP contribution in [0.5, 0.6) is 0 Å². The molecule has 2 aliphatic carbocycles. The summed E-state index contributed by atoms with van der Waals surface area (Å²) in [5, 5.41) is 0. The molecule has 0 aliphatic heterocycles. The summed E-state index contributed by atoms with van der Waals surface area (Å²) in [6, 6.07) is 15.9. The molecule has 3 aromatic carbocycles. The highest BCUT2D eigenvalue weighted by molar-refractivity contribution is 5.74. The highest BCUT2D eigenvalue weighted by atomic mass is 19.2. The molecule has 1 fully saturated rings. The Morgan fingerprint density at radius 3 is 2.07 bits per heavy atom. The number of halogens is 3. The molecule has 1 unspecified atom stereocenters. The van der Waals surface area contributed by atoms with E-state index in [0.717, 1.165) is 48.1 Å². The van der Waals surface area contributed by atoms with Crippen LogP contribution in [0.3, 0.4) is 0 Å². The maximum absolute atomic E-state index is 15.3. The zero-order valence-corrected chi connectivity index (χ0v) is 24.6. The normalized spacial score (nSPS) is 21.3. The van der Waals surface area contributed by atoms with Gasteiger partial charge in [0.25, 0.3) is 0 Å². The molecule has 3 heteroatoms. The molecule has 5 rings (SSSR count). The van der Waals surface area contributed by atoms with Crippen LogP contribution in [0.1, 0.15) is 89.2 Å². The molecule has 0 bridgehead atoms. The summed E-state index contributed by atoms with van der Waals surface area (Å²) >= 11 is 0. The molecule has 0 saturated heterocycles. The van der Waals surface area contributed by atoms with E-state index in [1.54, 1.807) is 42.5 Å². The lowest BCUT2D eigenvalue weighted by Gasteiger charge is -2.35. The van der Waals surface area contributed by atoms with Gasteiger partial charge in [-0.2, -0.15) is 0 Å². The van der Waals surface area contributed by atoms with Gasteiger partial charge in [-0.15, -0.1) is 0 Å². The van der Waals surface area contributed by atoms with Crippen LogP contribution in [-0.4, -0.2) is 0 Å². The third-order valence-corrected chi connectivity index (χ3v) is 9.52. The number of hydrogen-bond acceptors (Lipinski definition) is 0. The molecule has 41 heavy (non-hydrogen) atoms.